The van der Waals surface area contributed by atoms with Crippen molar-refractivity contribution in [3.8, 4) is 0 Å². The molecule has 2 amide bonds. The minimum Gasteiger partial charge on any atom is -0.388 e. The van der Waals surface area contributed by atoms with E-state index in [1.165, 1.54) is 82.5 Å². The van der Waals surface area contributed by atoms with Gasteiger partial charge in [-0.3, -0.25) is 25.0 Å². The Morgan fingerprint density at radius 1 is 0.750 bits per heavy atom. The minimum absolute atomic E-state index is 0.228. The van der Waals surface area contributed by atoms with Gasteiger partial charge in [-0.2, -0.15) is 0 Å². The molecule has 5 atom stereocenters. The van der Waals surface area contributed by atoms with E-state index in [2.05, 4.69) is 19.2 Å². The van der Waals surface area contributed by atoms with Crippen LogP contribution in [0, 0.1) is 0 Å². The molecule has 0 saturated carbocycles. The van der Waals surface area contributed by atoms with Crippen LogP contribution in [0.3, 0.4) is 0 Å². The van der Waals surface area contributed by atoms with Gasteiger partial charge >= 0.3 is 0 Å². The number of amides is 2. The summed E-state index contributed by atoms with van der Waals surface area (Å²) in [4.78, 5) is 39.6. The van der Waals surface area contributed by atoms with Gasteiger partial charge in [0.1, 0.15) is 24.0 Å². The molecule has 1 fully saturated rings. The van der Waals surface area contributed by atoms with Gasteiger partial charge in [0.15, 0.2) is 0 Å². The van der Waals surface area contributed by atoms with Crippen LogP contribution in [0.1, 0.15) is 156 Å². The molecule has 0 aliphatic carbocycles. The van der Waals surface area contributed by atoms with Crippen LogP contribution in [0.5, 0.6) is 0 Å². The van der Waals surface area contributed by atoms with E-state index < -0.39 is 36.1 Å². The highest BCUT2D eigenvalue weighted by atomic mass is 16.6. The number of Topliss-reactive ketones (excluding diaryl/α,β-unsaturated/α-hetero) is 1. The molecule has 1 rings (SSSR count). The third kappa shape index (κ3) is 15.1. The molecule has 258 valence electrons. The summed E-state index contributed by atoms with van der Waals surface area (Å²) < 4.78 is 6.14. The van der Waals surface area contributed by atoms with E-state index in [0.717, 1.165) is 38.5 Å². The molecule has 0 unspecified atom stereocenters. The molecule has 0 radical (unpaired) electrons. The van der Waals surface area contributed by atoms with Crippen LogP contribution in [0.4, 0.5) is 0 Å². The third-order valence-electron chi connectivity index (χ3n) is 8.83. The van der Waals surface area contributed by atoms with Crippen molar-refractivity contribution in [3.05, 3.63) is 0 Å². The van der Waals surface area contributed by atoms with Crippen molar-refractivity contribution in [2.24, 2.45) is 11.5 Å². The van der Waals surface area contributed by atoms with Gasteiger partial charge < -0.3 is 26.0 Å². The fourth-order valence-electron chi connectivity index (χ4n) is 6.13. The van der Waals surface area contributed by atoms with Crippen molar-refractivity contribution in [2.75, 3.05) is 13.1 Å². The number of aliphatic hydroxyl groups excluding tert-OH is 2. The number of aliphatic hydroxyl groups is 2. The lowest BCUT2D eigenvalue weighted by atomic mass is 9.89. The smallest absolute Gasteiger partial charge is 0.225 e. The molecule has 1 heterocycles. The van der Waals surface area contributed by atoms with Gasteiger partial charge in [-0.05, 0) is 12.8 Å². The van der Waals surface area contributed by atoms with Gasteiger partial charge in [-0.25, -0.2) is 0 Å². The topological polar surface area (TPSA) is 168 Å². The number of nitrogens with zero attached hydrogens (tertiary/aromatic N) is 1. The number of hydrogen-bond donors (Lipinski definition) is 5. The molecule has 0 aromatic heterocycles. The second-order valence-electron chi connectivity index (χ2n) is 12.8. The Labute approximate surface area is 267 Å². The number of ketones is 1. The van der Waals surface area contributed by atoms with Crippen LogP contribution in [0.15, 0.2) is 0 Å². The Hall–Kier alpha value is -1.59. The molecule has 7 N–H and O–H groups in total. The standard InChI is InChI=1S/C34H66N4O6/c1-4-6-8-10-12-14-16-18-20-22-24-38(30(41)23-21-19-17-15-13-11-9-7-5-2)34(36)33(37-27(3)39)32(43)31(42)29(44-34)25-28(40)26-35/h29,31-33,42-43H,4-26,35-36H2,1-3H3,(H,37,39)/t29-,31-,32+,33-,34+/m1/s1. The van der Waals surface area contributed by atoms with Crippen molar-refractivity contribution < 1.29 is 29.3 Å². The lowest BCUT2D eigenvalue weighted by molar-refractivity contribution is -0.276. The number of hydrogen-bond acceptors (Lipinski definition) is 8. The maximum atomic E-state index is 13.8. The molecule has 0 aromatic carbocycles. The Morgan fingerprint density at radius 2 is 1.20 bits per heavy atom. The Bertz CT molecular complexity index is 800. The number of nitrogens with one attached hydrogen (secondary N) is 1. The van der Waals surface area contributed by atoms with Crippen molar-refractivity contribution in [1.82, 2.24) is 10.2 Å². The Kier molecular flexibility index (Phi) is 21.8. The number of nitrogens with two attached hydrogens (primary N) is 2. The van der Waals surface area contributed by atoms with E-state index in [1.54, 1.807) is 0 Å². The van der Waals surface area contributed by atoms with Crippen LogP contribution in [0.25, 0.3) is 0 Å². The Morgan fingerprint density at radius 3 is 1.66 bits per heavy atom. The van der Waals surface area contributed by atoms with Crippen molar-refractivity contribution in [2.45, 2.75) is 186 Å². The van der Waals surface area contributed by atoms with Gasteiger partial charge in [-0.1, -0.05) is 123 Å². The SMILES string of the molecule is CCCCCCCCCCCCN(C(=O)CCCCCCCCCCC)[C@]1(N)O[C@H](CC(=O)CN)[C@@H](O)[C@H](O)[C@H]1NC(C)=O. The molecule has 44 heavy (non-hydrogen) atoms. The highest BCUT2D eigenvalue weighted by Gasteiger charge is 2.56. The van der Waals surface area contributed by atoms with Gasteiger partial charge in [0.05, 0.1) is 12.6 Å². The summed E-state index contributed by atoms with van der Waals surface area (Å²) in [6, 6.07) is -1.28. The largest absolute Gasteiger partial charge is 0.388 e. The number of unbranched alkanes of at least 4 members (excludes halogenated alkanes) is 17. The van der Waals surface area contributed by atoms with E-state index >= 15 is 0 Å². The molecule has 1 aliphatic heterocycles. The molecule has 0 spiro atoms. The molecule has 1 saturated heterocycles. The fraction of sp³-hybridized carbons (Fsp3) is 0.912. The van der Waals surface area contributed by atoms with E-state index in [4.69, 9.17) is 16.2 Å². The Balaban J connectivity index is 2.95. The van der Waals surface area contributed by atoms with Crippen LogP contribution in [0.2, 0.25) is 0 Å². The highest BCUT2D eigenvalue weighted by molar-refractivity contribution is 5.81. The first-order valence-electron chi connectivity index (χ1n) is 17.7. The molecule has 1 aliphatic rings. The molecule has 10 heteroatoms. The average Bonchev–Trinajstić information content (AvgIpc) is 2.99. The second kappa shape index (κ2) is 23.7. The van der Waals surface area contributed by atoms with Crippen LogP contribution >= 0.6 is 0 Å². The lowest BCUT2D eigenvalue weighted by Gasteiger charge is -2.53. The summed E-state index contributed by atoms with van der Waals surface area (Å²) in [5, 5.41) is 24.5. The maximum Gasteiger partial charge on any atom is 0.225 e. The molecule has 10 nitrogen and oxygen atoms in total. The number of ether oxygens (including phenoxy) is 1. The summed E-state index contributed by atoms with van der Waals surface area (Å²) in [6.07, 6.45) is 17.1. The lowest BCUT2D eigenvalue weighted by Crippen LogP contribution is -2.79. The molecule has 0 bridgehead atoms. The number of carbonyl (C=O) groups excluding carboxylic acids is 3. The van der Waals surface area contributed by atoms with Crippen molar-refractivity contribution in [1.29, 1.82) is 0 Å². The average molecular weight is 627 g/mol. The summed E-state index contributed by atoms with van der Waals surface area (Å²) in [7, 11) is 0. The van der Waals surface area contributed by atoms with Gasteiger partial charge in [0.2, 0.25) is 17.7 Å². The van der Waals surface area contributed by atoms with E-state index in [1.807, 2.05) is 0 Å². The third-order valence-corrected chi connectivity index (χ3v) is 8.83. The quantitative estimate of drug-likeness (QED) is 0.0673. The second-order valence-corrected chi connectivity index (χ2v) is 12.8. The van der Waals surface area contributed by atoms with Crippen molar-refractivity contribution in [3.63, 3.8) is 0 Å². The summed E-state index contributed by atoms with van der Waals surface area (Å²) in [5.74, 6) is -3.03. The maximum absolute atomic E-state index is 13.8. The minimum atomic E-state index is -1.94. The summed E-state index contributed by atoms with van der Waals surface area (Å²) in [6.45, 7) is 5.73. The zero-order valence-corrected chi connectivity index (χ0v) is 28.2. The normalized spacial score (nSPS) is 23.4. The molecular weight excluding hydrogens is 560 g/mol. The zero-order chi connectivity index (χ0) is 32.8. The number of carbonyl (C=O) groups is 3. The molecule has 0 aromatic rings. The highest BCUT2D eigenvalue weighted by Crippen LogP contribution is 2.32. The van der Waals surface area contributed by atoms with Gasteiger partial charge in [0.25, 0.3) is 0 Å². The summed E-state index contributed by atoms with van der Waals surface area (Å²) >= 11 is 0. The van der Waals surface area contributed by atoms with Crippen molar-refractivity contribution >= 4 is 17.6 Å². The predicted octanol–water partition coefficient (Wildman–Crippen LogP) is 4.81. The monoisotopic (exact) mass is 626 g/mol. The van der Waals surface area contributed by atoms with Crippen LogP contribution in [-0.2, 0) is 19.1 Å². The molecular formula is C34H66N4O6. The number of rotatable bonds is 26. The van der Waals surface area contributed by atoms with E-state index in [0.29, 0.717) is 12.8 Å². The fourth-order valence-corrected chi connectivity index (χ4v) is 6.13. The van der Waals surface area contributed by atoms with Crippen LogP contribution in [-0.4, -0.2) is 76.0 Å². The van der Waals surface area contributed by atoms with E-state index in [-0.39, 0.29) is 37.6 Å². The van der Waals surface area contributed by atoms with Gasteiger partial charge in [0, 0.05) is 26.3 Å². The first kappa shape index (κ1) is 40.4. The first-order chi connectivity index (χ1) is 21.1. The summed E-state index contributed by atoms with van der Waals surface area (Å²) in [5.41, 5.74) is 12.3. The zero-order valence-electron chi connectivity index (χ0n) is 28.2. The van der Waals surface area contributed by atoms with Crippen LogP contribution < -0.4 is 16.8 Å². The first-order valence-corrected chi connectivity index (χ1v) is 17.7. The van der Waals surface area contributed by atoms with E-state index in [9.17, 15) is 24.6 Å². The van der Waals surface area contributed by atoms with Gasteiger partial charge in [-0.15, -0.1) is 0 Å². The predicted molar refractivity (Wildman–Crippen MR) is 175 cm³/mol.